The van der Waals surface area contributed by atoms with E-state index < -0.39 is 5.60 Å². The van der Waals surface area contributed by atoms with E-state index in [4.69, 9.17) is 9.84 Å². The first-order valence-corrected chi connectivity index (χ1v) is 5.59. The topological polar surface area (TPSA) is 87.5 Å². The molecule has 17 heavy (non-hydrogen) atoms. The highest BCUT2D eigenvalue weighted by atomic mass is 16.5. The summed E-state index contributed by atoms with van der Waals surface area (Å²) >= 11 is 0. The molecule has 6 heteroatoms. The Morgan fingerprint density at radius 2 is 2.24 bits per heavy atom. The van der Waals surface area contributed by atoms with Gasteiger partial charge in [-0.1, -0.05) is 6.92 Å². The molecule has 0 aliphatic rings. The molecule has 1 rings (SSSR count). The number of nitrogens with one attached hydrogen (secondary N) is 1. The van der Waals surface area contributed by atoms with E-state index in [0.29, 0.717) is 18.3 Å². The third-order valence-electron chi connectivity index (χ3n) is 2.09. The molecule has 0 aliphatic carbocycles. The lowest BCUT2D eigenvalue weighted by Gasteiger charge is -2.20. The summed E-state index contributed by atoms with van der Waals surface area (Å²) in [7, 11) is 0. The summed E-state index contributed by atoms with van der Waals surface area (Å²) in [5, 5.41) is 21.4. The fourth-order valence-corrected chi connectivity index (χ4v) is 1.06. The highest BCUT2D eigenvalue weighted by Gasteiger charge is 2.18. The molecule has 0 aliphatic heterocycles. The van der Waals surface area contributed by atoms with Gasteiger partial charge in [-0.05, 0) is 13.3 Å². The molecule has 1 aromatic rings. The minimum absolute atomic E-state index is 0.202. The Morgan fingerprint density at radius 1 is 1.47 bits per heavy atom. The first-order valence-electron chi connectivity index (χ1n) is 5.59. The number of hydrogen-bond acceptors (Lipinski definition) is 6. The molecule has 1 aromatic heterocycles. The first kappa shape index (κ1) is 13.7. The van der Waals surface area contributed by atoms with Crippen molar-refractivity contribution in [3.8, 4) is 5.88 Å². The number of aliphatic hydroxyl groups excluding tert-OH is 1. The summed E-state index contributed by atoms with van der Waals surface area (Å²) in [6, 6.07) is 1.66. The van der Waals surface area contributed by atoms with Crippen molar-refractivity contribution >= 4 is 5.82 Å². The average molecular weight is 241 g/mol. The minimum atomic E-state index is -1.17. The second-order valence-corrected chi connectivity index (χ2v) is 4.10. The molecule has 1 heterocycles. The smallest absolute Gasteiger partial charge is 0.218 e. The van der Waals surface area contributed by atoms with Gasteiger partial charge in [0, 0.05) is 12.6 Å². The lowest BCUT2D eigenvalue weighted by atomic mass is 10.1. The number of nitrogens with zero attached hydrogens (tertiary/aromatic N) is 2. The van der Waals surface area contributed by atoms with Crippen LogP contribution in [0.15, 0.2) is 12.4 Å². The predicted octanol–water partition coefficient (Wildman–Crippen LogP) is 0.421. The molecule has 0 spiro atoms. The van der Waals surface area contributed by atoms with Crippen molar-refractivity contribution in [1.82, 2.24) is 9.97 Å². The number of ether oxygens (including phenoxy) is 1. The van der Waals surface area contributed by atoms with E-state index in [1.54, 1.807) is 6.07 Å². The summed E-state index contributed by atoms with van der Waals surface area (Å²) in [6.45, 7) is 4.04. The zero-order chi connectivity index (χ0) is 12.7. The number of aromatic nitrogens is 2. The van der Waals surface area contributed by atoms with E-state index in [0.717, 1.165) is 6.42 Å². The first-order chi connectivity index (χ1) is 8.07. The third kappa shape index (κ3) is 4.97. The highest BCUT2D eigenvalue weighted by Crippen LogP contribution is 2.12. The number of rotatable bonds is 7. The summed E-state index contributed by atoms with van der Waals surface area (Å²) in [6.07, 6.45) is 2.30. The molecule has 1 unspecified atom stereocenters. The summed E-state index contributed by atoms with van der Waals surface area (Å²) < 4.78 is 5.35. The molecule has 0 aromatic carbocycles. The zero-order valence-electron chi connectivity index (χ0n) is 10.2. The van der Waals surface area contributed by atoms with Gasteiger partial charge >= 0.3 is 0 Å². The van der Waals surface area contributed by atoms with Crippen molar-refractivity contribution in [2.45, 2.75) is 25.9 Å². The molecule has 3 N–H and O–H groups in total. The molecule has 96 valence electrons. The van der Waals surface area contributed by atoms with E-state index in [2.05, 4.69) is 15.3 Å². The van der Waals surface area contributed by atoms with Crippen LogP contribution >= 0.6 is 0 Å². The van der Waals surface area contributed by atoms with E-state index >= 15 is 0 Å². The van der Waals surface area contributed by atoms with Crippen molar-refractivity contribution in [2.75, 3.05) is 25.1 Å². The maximum Gasteiger partial charge on any atom is 0.218 e. The van der Waals surface area contributed by atoms with Gasteiger partial charge in [0.15, 0.2) is 0 Å². The van der Waals surface area contributed by atoms with Gasteiger partial charge in [-0.2, -0.15) is 0 Å². The number of aliphatic hydroxyl groups is 2. The lowest BCUT2D eigenvalue weighted by Crippen LogP contribution is -2.37. The van der Waals surface area contributed by atoms with Crippen LogP contribution in [-0.2, 0) is 0 Å². The van der Waals surface area contributed by atoms with Gasteiger partial charge in [0.2, 0.25) is 5.88 Å². The van der Waals surface area contributed by atoms with E-state index in [9.17, 15) is 5.11 Å². The Morgan fingerprint density at radius 3 is 2.88 bits per heavy atom. The maximum absolute atomic E-state index is 9.61. The van der Waals surface area contributed by atoms with Crippen molar-refractivity contribution in [1.29, 1.82) is 0 Å². The van der Waals surface area contributed by atoms with E-state index in [-0.39, 0.29) is 13.2 Å². The summed E-state index contributed by atoms with van der Waals surface area (Å²) in [4.78, 5) is 7.95. The largest absolute Gasteiger partial charge is 0.478 e. The van der Waals surface area contributed by atoms with Gasteiger partial charge in [-0.15, -0.1) is 0 Å². The standard InChI is InChI=1S/C11H19N3O3/c1-3-4-17-10-5-9(13-8-14-10)12-6-11(2,16)7-15/h5,8,15-16H,3-4,6-7H2,1-2H3,(H,12,13,14). The average Bonchev–Trinajstić information content (AvgIpc) is 2.35. The normalized spacial score (nSPS) is 14.1. The molecule has 1 atom stereocenters. The molecule has 0 fully saturated rings. The van der Waals surface area contributed by atoms with Gasteiger partial charge in [0.1, 0.15) is 17.7 Å². The Hall–Kier alpha value is -1.40. The maximum atomic E-state index is 9.61. The van der Waals surface area contributed by atoms with Crippen LogP contribution in [0.3, 0.4) is 0 Å². The SMILES string of the molecule is CCCOc1cc(NCC(C)(O)CO)ncn1. The van der Waals surface area contributed by atoms with Crippen LogP contribution in [0, 0.1) is 0 Å². The second kappa shape index (κ2) is 6.36. The molecule has 6 nitrogen and oxygen atoms in total. The Balaban J connectivity index is 2.53. The van der Waals surface area contributed by atoms with Crippen molar-refractivity contribution in [3.05, 3.63) is 12.4 Å². The van der Waals surface area contributed by atoms with Crippen molar-refractivity contribution in [3.63, 3.8) is 0 Å². The second-order valence-electron chi connectivity index (χ2n) is 4.10. The van der Waals surface area contributed by atoms with Gasteiger partial charge in [0.05, 0.1) is 13.2 Å². The lowest BCUT2D eigenvalue weighted by molar-refractivity contribution is 0.0131. The van der Waals surface area contributed by atoms with Crippen LogP contribution in [0.2, 0.25) is 0 Å². The molecule has 0 radical (unpaired) electrons. The minimum Gasteiger partial charge on any atom is -0.478 e. The highest BCUT2D eigenvalue weighted by molar-refractivity contribution is 5.37. The van der Waals surface area contributed by atoms with E-state index in [1.165, 1.54) is 13.3 Å². The quantitative estimate of drug-likeness (QED) is 0.641. The van der Waals surface area contributed by atoms with Crippen molar-refractivity contribution < 1.29 is 14.9 Å². The van der Waals surface area contributed by atoms with Gasteiger partial charge < -0.3 is 20.3 Å². The fraction of sp³-hybridized carbons (Fsp3) is 0.636. The zero-order valence-corrected chi connectivity index (χ0v) is 10.2. The van der Waals surface area contributed by atoms with Gasteiger partial charge in [0.25, 0.3) is 0 Å². The Kier molecular flexibility index (Phi) is 5.11. The van der Waals surface area contributed by atoms with Crippen LogP contribution in [0.25, 0.3) is 0 Å². The number of anilines is 1. The Bertz CT molecular complexity index is 344. The third-order valence-corrected chi connectivity index (χ3v) is 2.09. The van der Waals surface area contributed by atoms with Crippen LogP contribution in [0.4, 0.5) is 5.82 Å². The van der Waals surface area contributed by atoms with Crippen LogP contribution in [0.1, 0.15) is 20.3 Å². The summed E-state index contributed by atoms with van der Waals surface area (Å²) in [5.74, 6) is 1.05. The molecule has 0 saturated heterocycles. The van der Waals surface area contributed by atoms with Crippen molar-refractivity contribution in [2.24, 2.45) is 0 Å². The van der Waals surface area contributed by atoms with Crippen LogP contribution < -0.4 is 10.1 Å². The van der Waals surface area contributed by atoms with Crippen LogP contribution in [-0.4, -0.2) is 45.5 Å². The number of hydrogen-bond donors (Lipinski definition) is 3. The van der Waals surface area contributed by atoms with Gasteiger partial charge in [-0.3, -0.25) is 0 Å². The van der Waals surface area contributed by atoms with Gasteiger partial charge in [-0.25, -0.2) is 9.97 Å². The molecule has 0 amide bonds. The molecular weight excluding hydrogens is 222 g/mol. The Labute approximate surface area is 101 Å². The fourth-order valence-electron chi connectivity index (χ4n) is 1.06. The molecule has 0 saturated carbocycles. The molecule has 0 bridgehead atoms. The summed E-state index contributed by atoms with van der Waals surface area (Å²) in [5.41, 5.74) is -1.17. The predicted molar refractivity (Wildman–Crippen MR) is 64.0 cm³/mol. The molecular formula is C11H19N3O3. The van der Waals surface area contributed by atoms with Crippen LogP contribution in [0.5, 0.6) is 5.88 Å². The van der Waals surface area contributed by atoms with E-state index in [1.807, 2.05) is 6.92 Å². The monoisotopic (exact) mass is 241 g/mol.